The van der Waals surface area contributed by atoms with Gasteiger partial charge in [0.2, 0.25) is 0 Å². The Morgan fingerprint density at radius 2 is 1.85 bits per heavy atom. The molecule has 0 saturated heterocycles. The summed E-state index contributed by atoms with van der Waals surface area (Å²) < 4.78 is 0. The fourth-order valence-electron chi connectivity index (χ4n) is 2.85. The minimum absolute atomic E-state index is 0.268. The highest BCUT2D eigenvalue weighted by Gasteiger charge is 2.19. The molecule has 0 fully saturated rings. The minimum Gasteiger partial charge on any atom is -0.345 e. The molecule has 26 heavy (non-hydrogen) atoms. The van der Waals surface area contributed by atoms with E-state index >= 15 is 0 Å². The number of hydrogen-bond acceptors (Lipinski definition) is 4. The molecule has 4 rings (SSSR count). The molecular formula is C20H17N5O. The van der Waals surface area contributed by atoms with Crippen LogP contribution in [-0.2, 0) is 0 Å². The van der Waals surface area contributed by atoms with Gasteiger partial charge >= 0.3 is 0 Å². The van der Waals surface area contributed by atoms with Gasteiger partial charge in [-0.15, -0.1) is 0 Å². The maximum atomic E-state index is 12.7. The fourth-order valence-corrected chi connectivity index (χ4v) is 2.85. The van der Waals surface area contributed by atoms with E-state index in [-0.39, 0.29) is 11.9 Å². The number of aromatic nitrogens is 4. The van der Waals surface area contributed by atoms with Gasteiger partial charge in [0.1, 0.15) is 5.69 Å². The Balaban J connectivity index is 1.71. The van der Waals surface area contributed by atoms with Gasteiger partial charge in [0, 0.05) is 6.20 Å². The van der Waals surface area contributed by atoms with Gasteiger partial charge in [-0.3, -0.25) is 9.78 Å². The van der Waals surface area contributed by atoms with Gasteiger partial charge in [-0.1, -0.05) is 36.4 Å². The molecule has 2 aromatic heterocycles. The third-order valence-electron chi connectivity index (χ3n) is 4.20. The second-order valence-corrected chi connectivity index (χ2v) is 6.04. The molecule has 0 aliphatic carbocycles. The zero-order valence-electron chi connectivity index (χ0n) is 14.2. The lowest BCUT2D eigenvalue weighted by atomic mass is 9.98. The first kappa shape index (κ1) is 16.0. The Bertz CT molecular complexity index is 1040. The molecule has 2 aromatic carbocycles. The van der Waals surface area contributed by atoms with Gasteiger partial charge in [-0.25, -0.2) is 9.97 Å². The quantitative estimate of drug-likeness (QED) is 0.596. The maximum Gasteiger partial charge on any atom is 0.272 e. The van der Waals surface area contributed by atoms with Crippen molar-refractivity contribution in [3.8, 4) is 0 Å². The second kappa shape index (κ2) is 6.76. The monoisotopic (exact) mass is 343 g/mol. The topological polar surface area (TPSA) is 83.6 Å². The molecule has 128 valence electrons. The van der Waals surface area contributed by atoms with Crippen molar-refractivity contribution in [1.82, 2.24) is 25.3 Å². The number of fused-ring (bicyclic) bond motifs is 1. The van der Waals surface area contributed by atoms with Crippen LogP contribution < -0.4 is 5.32 Å². The Hall–Kier alpha value is -3.54. The van der Waals surface area contributed by atoms with E-state index in [9.17, 15) is 4.79 Å². The molecule has 0 bridgehead atoms. The number of imidazole rings is 1. The van der Waals surface area contributed by atoms with Crippen LogP contribution in [0.3, 0.4) is 0 Å². The maximum absolute atomic E-state index is 12.7. The normalized spacial score (nSPS) is 12.0. The zero-order chi connectivity index (χ0) is 17.9. The predicted octanol–water partition coefficient (Wildman–Crippen LogP) is 3.18. The van der Waals surface area contributed by atoms with Crippen molar-refractivity contribution in [2.75, 3.05) is 0 Å². The Labute approximate surface area is 150 Å². The van der Waals surface area contributed by atoms with Gasteiger partial charge in [0.05, 0.1) is 35.3 Å². The molecule has 2 N–H and O–H groups in total. The number of amides is 1. The van der Waals surface area contributed by atoms with Gasteiger partial charge in [0.15, 0.2) is 0 Å². The van der Waals surface area contributed by atoms with Crippen LogP contribution in [0.15, 0.2) is 67.3 Å². The van der Waals surface area contributed by atoms with E-state index < -0.39 is 0 Å². The molecule has 6 nitrogen and oxygen atoms in total. The van der Waals surface area contributed by atoms with Crippen molar-refractivity contribution in [3.05, 3.63) is 89.8 Å². The minimum atomic E-state index is -0.306. The standard InChI is InChI=1S/C20H17N5O/c1-13-10-22-18(11-21-13)20(26)25-19(14-5-3-2-4-6-14)15-7-8-16-17(9-15)24-12-23-16/h2-12,19H,1H3,(H,23,24)(H,25,26). The van der Waals surface area contributed by atoms with Crippen molar-refractivity contribution < 1.29 is 4.79 Å². The van der Waals surface area contributed by atoms with Crippen LogP contribution in [-0.4, -0.2) is 25.8 Å². The third-order valence-corrected chi connectivity index (χ3v) is 4.20. The van der Waals surface area contributed by atoms with Crippen molar-refractivity contribution >= 4 is 16.9 Å². The first-order valence-electron chi connectivity index (χ1n) is 8.28. The molecule has 1 amide bonds. The number of H-pyrrole nitrogens is 1. The Kier molecular flexibility index (Phi) is 4.15. The van der Waals surface area contributed by atoms with E-state index in [2.05, 4.69) is 25.3 Å². The number of carbonyl (C=O) groups is 1. The lowest BCUT2D eigenvalue weighted by molar-refractivity contribution is 0.0937. The molecule has 0 spiro atoms. The second-order valence-electron chi connectivity index (χ2n) is 6.04. The average molecular weight is 343 g/mol. The van der Waals surface area contributed by atoms with Gasteiger partial charge in [0.25, 0.3) is 5.91 Å². The van der Waals surface area contributed by atoms with Crippen LogP contribution in [0.25, 0.3) is 11.0 Å². The van der Waals surface area contributed by atoms with Crippen LogP contribution in [0.4, 0.5) is 0 Å². The third kappa shape index (κ3) is 3.17. The van der Waals surface area contributed by atoms with E-state index in [1.165, 1.54) is 6.20 Å². The van der Waals surface area contributed by atoms with E-state index in [0.29, 0.717) is 5.69 Å². The van der Waals surface area contributed by atoms with Crippen LogP contribution >= 0.6 is 0 Å². The number of nitrogens with one attached hydrogen (secondary N) is 2. The molecule has 4 aromatic rings. The summed E-state index contributed by atoms with van der Waals surface area (Å²) in [5, 5.41) is 3.07. The summed E-state index contributed by atoms with van der Waals surface area (Å²) in [6, 6.07) is 15.4. The summed E-state index contributed by atoms with van der Waals surface area (Å²) in [5.74, 6) is -0.268. The molecule has 1 unspecified atom stereocenters. The van der Waals surface area contributed by atoms with E-state index in [0.717, 1.165) is 27.9 Å². The highest BCUT2D eigenvalue weighted by molar-refractivity contribution is 5.92. The van der Waals surface area contributed by atoms with E-state index in [1.54, 1.807) is 12.5 Å². The number of aromatic amines is 1. The zero-order valence-corrected chi connectivity index (χ0v) is 14.2. The highest BCUT2D eigenvalue weighted by Crippen LogP contribution is 2.25. The van der Waals surface area contributed by atoms with Crippen LogP contribution in [0.1, 0.15) is 33.4 Å². The predicted molar refractivity (Wildman–Crippen MR) is 98.6 cm³/mol. The van der Waals surface area contributed by atoms with Crippen molar-refractivity contribution in [2.24, 2.45) is 0 Å². The Morgan fingerprint density at radius 3 is 2.62 bits per heavy atom. The first-order valence-corrected chi connectivity index (χ1v) is 8.28. The summed E-state index contributed by atoms with van der Waals surface area (Å²) in [4.78, 5) is 28.4. The molecule has 2 heterocycles. The summed E-state index contributed by atoms with van der Waals surface area (Å²) in [7, 11) is 0. The molecule has 0 aliphatic rings. The highest BCUT2D eigenvalue weighted by atomic mass is 16.1. The molecule has 1 atom stereocenters. The first-order chi connectivity index (χ1) is 12.7. The van der Waals surface area contributed by atoms with Crippen LogP contribution in [0.5, 0.6) is 0 Å². The van der Waals surface area contributed by atoms with E-state index in [4.69, 9.17) is 0 Å². The van der Waals surface area contributed by atoms with Crippen LogP contribution in [0, 0.1) is 6.92 Å². The summed E-state index contributed by atoms with van der Waals surface area (Å²) in [5.41, 5.74) is 4.82. The SMILES string of the molecule is Cc1cnc(C(=O)NC(c2ccccc2)c2ccc3nc[nH]c3c2)cn1. The van der Waals surface area contributed by atoms with Crippen molar-refractivity contribution in [1.29, 1.82) is 0 Å². The van der Waals surface area contributed by atoms with Gasteiger partial charge in [-0.05, 0) is 30.2 Å². The molecule has 6 heteroatoms. The number of aryl methyl sites for hydroxylation is 1. The largest absolute Gasteiger partial charge is 0.345 e. The molecule has 0 aliphatic heterocycles. The lowest BCUT2D eigenvalue weighted by Gasteiger charge is -2.19. The lowest BCUT2D eigenvalue weighted by Crippen LogP contribution is -2.30. The van der Waals surface area contributed by atoms with E-state index in [1.807, 2.05) is 55.5 Å². The van der Waals surface area contributed by atoms with Crippen molar-refractivity contribution in [3.63, 3.8) is 0 Å². The number of hydrogen-bond donors (Lipinski definition) is 2. The molecule has 0 saturated carbocycles. The van der Waals surface area contributed by atoms with Crippen molar-refractivity contribution in [2.45, 2.75) is 13.0 Å². The smallest absolute Gasteiger partial charge is 0.272 e. The fraction of sp³-hybridized carbons (Fsp3) is 0.100. The number of rotatable bonds is 4. The summed E-state index contributed by atoms with van der Waals surface area (Å²) >= 11 is 0. The van der Waals surface area contributed by atoms with Gasteiger partial charge < -0.3 is 10.3 Å². The van der Waals surface area contributed by atoms with Crippen LogP contribution in [0.2, 0.25) is 0 Å². The molecular weight excluding hydrogens is 326 g/mol. The molecule has 0 radical (unpaired) electrons. The summed E-state index contributed by atoms with van der Waals surface area (Å²) in [6.07, 6.45) is 4.74. The average Bonchev–Trinajstić information content (AvgIpc) is 3.15. The number of nitrogens with zero attached hydrogens (tertiary/aromatic N) is 3. The summed E-state index contributed by atoms with van der Waals surface area (Å²) in [6.45, 7) is 1.83. The number of benzene rings is 2. The van der Waals surface area contributed by atoms with Gasteiger partial charge in [-0.2, -0.15) is 0 Å². The Morgan fingerprint density at radius 1 is 1.00 bits per heavy atom. The number of carbonyl (C=O) groups excluding carboxylic acids is 1.